The van der Waals surface area contributed by atoms with Crippen LogP contribution in [0, 0.1) is 0 Å². The van der Waals surface area contributed by atoms with E-state index in [2.05, 4.69) is 43.0 Å². The first kappa shape index (κ1) is 23.4. The molecule has 0 saturated carbocycles. The van der Waals surface area contributed by atoms with Crippen LogP contribution in [0.2, 0.25) is 0 Å². The zero-order valence-corrected chi connectivity index (χ0v) is 18.4. The molecule has 0 saturated heterocycles. The van der Waals surface area contributed by atoms with E-state index in [4.69, 9.17) is 0 Å². The Balaban J connectivity index is 1.98. The van der Waals surface area contributed by atoms with Gasteiger partial charge in [-0.25, -0.2) is 0 Å². The first-order valence-corrected chi connectivity index (χ1v) is 12.0. The third-order valence-electron chi connectivity index (χ3n) is 5.92. The molecular weight excluding hydrogens is 316 g/mol. The maximum atomic E-state index is 2.61. The fourth-order valence-corrected chi connectivity index (χ4v) is 4.14. The van der Waals surface area contributed by atoms with Gasteiger partial charge in [0, 0.05) is 25.5 Å². The van der Waals surface area contributed by atoms with Crippen molar-refractivity contribution in [2.75, 3.05) is 13.1 Å². The molecule has 2 nitrogen and oxygen atoms in total. The topological polar surface area (TPSA) is 6.48 Å². The highest BCUT2D eigenvalue weighted by Crippen LogP contribution is 2.22. The molecule has 0 aromatic heterocycles. The molecule has 154 valence electrons. The maximum Gasteiger partial charge on any atom is 0.101 e. The Kier molecular flexibility index (Phi) is 14.8. The summed E-state index contributed by atoms with van der Waals surface area (Å²) in [5, 5.41) is 0. The molecule has 0 amide bonds. The Morgan fingerprint density at radius 2 is 1.00 bits per heavy atom. The van der Waals surface area contributed by atoms with Crippen LogP contribution in [0.5, 0.6) is 0 Å². The standard InChI is InChI=1S/C24H48N2/c1-4-7-9-10-11-12-13-14-15-16-17-19-21-26-23-22-25(6-3)24(26)20-18-8-5-2/h22-24H,4-21H2,1-3H3. The number of rotatable bonds is 18. The Hall–Kier alpha value is -0.660. The Morgan fingerprint density at radius 1 is 0.538 bits per heavy atom. The van der Waals surface area contributed by atoms with E-state index in [1.54, 1.807) is 0 Å². The summed E-state index contributed by atoms with van der Waals surface area (Å²) < 4.78 is 0. The van der Waals surface area contributed by atoms with Crippen molar-refractivity contribution in [2.45, 2.75) is 130 Å². The van der Waals surface area contributed by atoms with E-state index in [1.165, 1.54) is 109 Å². The van der Waals surface area contributed by atoms with Crippen LogP contribution in [0.25, 0.3) is 0 Å². The summed E-state index contributed by atoms with van der Waals surface area (Å²) in [7, 11) is 0. The van der Waals surface area contributed by atoms with Crippen LogP contribution < -0.4 is 0 Å². The molecule has 1 rings (SSSR count). The molecule has 1 heterocycles. The smallest absolute Gasteiger partial charge is 0.101 e. The predicted octanol–water partition coefficient (Wildman–Crippen LogP) is 7.70. The molecule has 2 heteroatoms. The van der Waals surface area contributed by atoms with Gasteiger partial charge in [-0.3, -0.25) is 0 Å². The normalized spacial score (nSPS) is 16.8. The lowest BCUT2D eigenvalue weighted by Gasteiger charge is -2.32. The number of hydrogen-bond acceptors (Lipinski definition) is 2. The van der Waals surface area contributed by atoms with Gasteiger partial charge < -0.3 is 9.80 Å². The molecule has 1 aliphatic rings. The van der Waals surface area contributed by atoms with Gasteiger partial charge in [-0.05, 0) is 26.2 Å². The zero-order chi connectivity index (χ0) is 18.9. The van der Waals surface area contributed by atoms with Crippen molar-refractivity contribution in [2.24, 2.45) is 0 Å². The number of nitrogens with zero attached hydrogens (tertiary/aromatic N) is 2. The quantitative estimate of drug-likeness (QED) is 0.230. The lowest BCUT2D eigenvalue weighted by molar-refractivity contribution is 0.142. The molecule has 0 radical (unpaired) electrons. The minimum Gasteiger partial charge on any atom is -0.356 e. The van der Waals surface area contributed by atoms with Gasteiger partial charge in [-0.15, -0.1) is 0 Å². The van der Waals surface area contributed by atoms with Gasteiger partial charge >= 0.3 is 0 Å². The Bertz CT molecular complexity index is 326. The average Bonchev–Trinajstić information content (AvgIpc) is 3.05. The molecule has 0 bridgehead atoms. The van der Waals surface area contributed by atoms with Crippen molar-refractivity contribution in [1.82, 2.24) is 9.80 Å². The Labute approximate surface area is 165 Å². The fraction of sp³-hybridized carbons (Fsp3) is 0.917. The fourth-order valence-electron chi connectivity index (χ4n) is 4.14. The molecule has 0 aromatic carbocycles. The van der Waals surface area contributed by atoms with E-state index in [0.717, 1.165) is 6.54 Å². The first-order chi connectivity index (χ1) is 12.8. The van der Waals surface area contributed by atoms with Gasteiger partial charge in [0.2, 0.25) is 0 Å². The van der Waals surface area contributed by atoms with Crippen molar-refractivity contribution in [3.63, 3.8) is 0 Å². The van der Waals surface area contributed by atoms with Gasteiger partial charge in [0.15, 0.2) is 0 Å². The number of hydrogen-bond donors (Lipinski definition) is 0. The van der Waals surface area contributed by atoms with Gasteiger partial charge in [0.05, 0.1) is 0 Å². The second-order valence-corrected chi connectivity index (χ2v) is 8.23. The lowest BCUT2D eigenvalue weighted by atomic mass is 10.1. The van der Waals surface area contributed by atoms with E-state index in [-0.39, 0.29) is 0 Å². The molecule has 0 aliphatic carbocycles. The van der Waals surface area contributed by atoms with Crippen LogP contribution in [-0.2, 0) is 0 Å². The predicted molar refractivity (Wildman–Crippen MR) is 117 cm³/mol. The summed E-state index contributed by atoms with van der Waals surface area (Å²) in [5.74, 6) is 0. The largest absolute Gasteiger partial charge is 0.356 e. The van der Waals surface area contributed by atoms with Gasteiger partial charge in [-0.2, -0.15) is 0 Å². The minimum absolute atomic E-state index is 0.638. The van der Waals surface area contributed by atoms with Crippen molar-refractivity contribution < 1.29 is 0 Å². The van der Waals surface area contributed by atoms with Gasteiger partial charge in [0.1, 0.15) is 6.17 Å². The third-order valence-corrected chi connectivity index (χ3v) is 5.92. The molecule has 0 spiro atoms. The monoisotopic (exact) mass is 364 g/mol. The summed E-state index contributed by atoms with van der Waals surface area (Å²) in [5.41, 5.74) is 0. The molecule has 1 atom stereocenters. The highest BCUT2D eigenvalue weighted by atomic mass is 15.4. The van der Waals surface area contributed by atoms with E-state index in [9.17, 15) is 0 Å². The van der Waals surface area contributed by atoms with Crippen LogP contribution in [0.3, 0.4) is 0 Å². The summed E-state index contributed by atoms with van der Waals surface area (Å²) >= 11 is 0. The summed E-state index contributed by atoms with van der Waals surface area (Å²) in [6, 6.07) is 0. The molecule has 26 heavy (non-hydrogen) atoms. The molecule has 0 N–H and O–H groups in total. The van der Waals surface area contributed by atoms with E-state index >= 15 is 0 Å². The second kappa shape index (κ2) is 16.5. The highest BCUT2D eigenvalue weighted by Gasteiger charge is 2.23. The van der Waals surface area contributed by atoms with Crippen LogP contribution in [0.4, 0.5) is 0 Å². The van der Waals surface area contributed by atoms with Crippen LogP contribution >= 0.6 is 0 Å². The van der Waals surface area contributed by atoms with E-state index < -0.39 is 0 Å². The molecular formula is C24H48N2. The molecule has 1 aliphatic heterocycles. The van der Waals surface area contributed by atoms with E-state index in [0.29, 0.717) is 6.17 Å². The van der Waals surface area contributed by atoms with Gasteiger partial charge in [0.25, 0.3) is 0 Å². The summed E-state index contributed by atoms with van der Waals surface area (Å²) in [6.07, 6.45) is 27.9. The average molecular weight is 365 g/mol. The van der Waals surface area contributed by atoms with Crippen LogP contribution in [0.15, 0.2) is 12.4 Å². The summed E-state index contributed by atoms with van der Waals surface area (Å²) in [4.78, 5) is 5.13. The van der Waals surface area contributed by atoms with Crippen molar-refractivity contribution in [3.05, 3.63) is 12.4 Å². The van der Waals surface area contributed by atoms with Crippen LogP contribution in [0.1, 0.15) is 124 Å². The van der Waals surface area contributed by atoms with Crippen molar-refractivity contribution in [3.8, 4) is 0 Å². The number of unbranched alkanes of at least 4 members (excludes halogenated alkanes) is 13. The molecule has 0 fully saturated rings. The third kappa shape index (κ3) is 10.5. The van der Waals surface area contributed by atoms with Crippen LogP contribution in [-0.4, -0.2) is 29.1 Å². The lowest BCUT2D eigenvalue weighted by Crippen LogP contribution is -2.38. The first-order valence-electron chi connectivity index (χ1n) is 12.0. The van der Waals surface area contributed by atoms with Crippen molar-refractivity contribution >= 4 is 0 Å². The molecule has 0 aromatic rings. The minimum atomic E-state index is 0.638. The van der Waals surface area contributed by atoms with E-state index in [1.807, 2.05) is 0 Å². The Morgan fingerprint density at radius 3 is 1.54 bits per heavy atom. The SMILES string of the molecule is CCCCCCCCCCCCCCN1C=CN(CC)C1CCCCC. The van der Waals surface area contributed by atoms with Gasteiger partial charge in [-0.1, -0.05) is 97.3 Å². The molecule has 1 unspecified atom stereocenters. The summed E-state index contributed by atoms with van der Waals surface area (Å²) in [6.45, 7) is 9.27. The highest BCUT2D eigenvalue weighted by molar-refractivity contribution is 4.96. The zero-order valence-electron chi connectivity index (χ0n) is 18.4. The maximum absolute atomic E-state index is 2.61. The van der Waals surface area contributed by atoms with Crippen molar-refractivity contribution in [1.29, 1.82) is 0 Å². The second-order valence-electron chi connectivity index (χ2n) is 8.23.